The van der Waals surface area contributed by atoms with E-state index in [2.05, 4.69) is 0 Å². The molecule has 2 amide bonds. The van der Waals surface area contributed by atoms with Crippen LogP contribution in [0.4, 0.5) is 4.79 Å². The molecule has 0 radical (unpaired) electrons. The fraction of sp³-hybridized carbons (Fsp3) is 0.250. The Labute approximate surface area is 181 Å². The molecule has 1 aromatic carbocycles. The number of imide groups is 1. The Morgan fingerprint density at radius 1 is 1.24 bits per heavy atom. The Morgan fingerprint density at radius 2 is 2.00 bits per heavy atom. The number of ether oxygens (including phenoxy) is 1. The molecule has 1 aliphatic heterocycles. The normalized spacial score (nSPS) is 15.6. The second kappa shape index (κ2) is 9.07. The third-order valence-corrected chi connectivity index (χ3v) is 5.30. The van der Waals surface area contributed by atoms with Crippen LogP contribution in [0.25, 0.3) is 17.4 Å². The SMILES string of the molecule is CC(C)COC(=O)CN1C(=O)S/C(=C/c2ccc(-c3cc(Cl)ccc3Cl)o2)C1=O. The van der Waals surface area contributed by atoms with Gasteiger partial charge in [-0.25, -0.2) is 0 Å². The van der Waals surface area contributed by atoms with E-state index in [0.29, 0.717) is 27.1 Å². The maximum absolute atomic E-state index is 12.5. The lowest BCUT2D eigenvalue weighted by atomic mass is 10.2. The van der Waals surface area contributed by atoms with Crippen LogP contribution in [0.1, 0.15) is 19.6 Å². The number of benzene rings is 1. The van der Waals surface area contributed by atoms with Crippen molar-refractivity contribution in [2.75, 3.05) is 13.2 Å². The summed E-state index contributed by atoms with van der Waals surface area (Å²) in [6.07, 6.45) is 1.45. The van der Waals surface area contributed by atoms with Crippen LogP contribution in [-0.4, -0.2) is 35.2 Å². The summed E-state index contributed by atoms with van der Waals surface area (Å²) in [4.78, 5) is 37.5. The van der Waals surface area contributed by atoms with E-state index in [1.807, 2.05) is 13.8 Å². The van der Waals surface area contributed by atoms with Crippen LogP contribution in [0, 0.1) is 5.92 Å². The van der Waals surface area contributed by atoms with Gasteiger partial charge in [-0.05, 0) is 48.0 Å². The minimum Gasteiger partial charge on any atom is -0.464 e. The highest BCUT2D eigenvalue weighted by atomic mass is 35.5. The van der Waals surface area contributed by atoms with Crippen molar-refractivity contribution in [2.45, 2.75) is 13.8 Å². The minimum absolute atomic E-state index is 0.157. The van der Waals surface area contributed by atoms with Crippen LogP contribution in [0.2, 0.25) is 10.0 Å². The van der Waals surface area contributed by atoms with Crippen LogP contribution in [0.15, 0.2) is 39.7 Å². The lowest BCUT2D eigenvalue weighted by molar-refractivity contribution is -0.147. The van der Waals surface area contributed by atoms with Crippen molar-refractivity contribution in [3.8, 4) is 11.3 Å². The van der Waals surface area contributed by atoms with E-state index >= 15 is 0 Å². The van der Waals surface area contributed by atoms with Crippen LogP contribution in [0.5, 0.6) is 0 Å². The predicted molar refractivity (Wildman–Crippen MR) is 113 cm³/mol. The Hall–Kier alpha value is -2.22. The minimum atomic E-state index is -0.627. The number of carbonyl (C=O) groups excluding carboxylic acids is 3. The van der Waals surface area contributed by atoms with Crippen molar-refractivity contribution in [1.82, 2.24) is 4.90 Å². The third-order valence-electron chi connectivity index (χ3n) is 3.83. The first-order chi connectivity index (χ1) is 13.7. The summed E-state index contributed by atoms with van der Waals surface area (Å²) in [5.41, 5.74) is 0.611. The zero-order chi connectivity index (χ0) is 21.1. The second-order valence-corrected chi connectivity index (χ2v) is 8.51. The maximum Gasteiger partial charge on any atom is 0.326 e. The summed E-state index contributed by atoms with van der Waals surface area (Å²) < 4.78 is 10.8. The summed E-state index contributed by atoms with van der Waals surface area (Å²) in [6.45, 7) is 3.59. The molecule has 0 N–H and O–H groups in total. The van der Waals surface area contributed by atoms with Crippen LogP contribution >= 0.6 is 35.0 Å². The number of amides is 2. The topological polar surface area (TPSA) is 76.8 Å². The molecule has 152 valence electrons. The number of nitrogens with zero attached hydrogens (tertiary/aromatic N) is 1. The number of hydrogen-bond donors (Lipinski definition) is 0. The molecule has 1 fully saturated rings. The number of esters is 1. The Kier molecular flexibility index (Phi) is 6.72. The molecular weight excluding hydrogens is 437 g/mol. The molecule has 0 unspecified atom stereocenters. The molecule has 6 nitrogen and oxygen atoms in total. The summed E-state index contributed by atoms with van der Waals surface area (Å²) >= 11 is 12.9. The Balaban J connectivity index is 1.74. The fourth-order valence-electron chi connectivity index (χ4n) is 2.46. The largest absolute Gasteiger partial charge is 0.464 e. The summed E-state index contributed by atoms with van der Waals surface area (Å²) in [7, 11) is 0. The standard InChI is InChI=1S/C20H17Cl2NO5S/c1-11(2)10-27-18(24)9-23-19(25)17(29-20(23)26)8-13-4-6-16(28-13)14-7-12(21)3-5-15(14)22/h3-8,11H,9-10H2,1-2H3/b17-8+. The smallest absolute Gasteiger partial charge is 0.326 e. The van der Waals surface area contributed by atoms with Crippen molar-refractivity contribution < 1.29 is 23.5 Å². The van der Waals surface area contributed by atoms with Crippen LogP contribution < -0.4 is 0 Å². The lowest BCUT2D eigenvalue weighted by Gasteiger charge is -2.12. The van der Waals surface area contributed by atoms with E-state index in [1.165, 1.54) is 6.08 Å². The highest BCUT2D eigenvalue weighted by molar-refractivity contribution is 8.18. The summed E-state index contributed by atoms with van der Waals surface area (Å²) in [6, 6.07) is 8.34. The average molecular weight is 454 g/mol. The van der Waals surface area contributed by atoms with Gasteiger partial charge in [0.15, 0.2) is 0 Å². The number of thioether (sulfide) groups is 1. The van der Waals surface area contributed by atoms with E-state index in [0.717, 1.165) is 16.7 Å². The first-order valence-corrected chi connectivity index (χ1v) is 10.3. The first-order valence-electron chi connectivity index (χ1n) is 8.71. The van der Waals surface area contributed by atoms with Gasteiger partial charge in [-0.15, -0.1) is 0 Å². The molecule has 1 saturated heterocycles. The zero-order valence-electron chi connectivity index (χ0n) is 15.6. The number of rotatable bonds is 6. The molecule has 0 atom stereocenters. The summed E-state index contributed by atoms with van der Waals surface area (Å²) in [5.74, 6) is -0.197. The molecule has 2 heterocycles. The van der Waals surface area contributed by atoms with Crippen molar-refractivity contribution in [3.05, 3.63) is 51.0 Å². The van der Waals surface area contributed by atoms with Crippen molar-refractivity contribution in [3.63, 3.8) is 0 Å². The van der Waals surface area contributed by atoms with Crippen molar-refractivity contribution in [2.24, 2.45) is 5.92 Å². The lowest BCUT2D eigenvalue weighted by Crippen LogP contribution is -2.34. The highest BCUT2D eigenvalue weighted by Gasteiger charge is 2.37. The molecule has 0 saturated carbocycles. The van der Waals surface area contributed by atoms with Gasteiger partial charge in [0.25, 0.3) is 11.1 Å². The van der Waals surface area contributed by atoms with Gasteiger partial charge in [0.2, 0.25) is 0 Å². The van der Waals surface area contributed by atoms with Crippen molar-refractivity contribution >= 4 is 58.2 Å². The third kappa shape index (κ3) is 5.23. The number of halogens is 2. The molecule has 1 aliphatic rings. The number of furan rings is 1. The predicted octanol–water partition coefficient (Wildman–Crippen LogP) is 5.49. The monoisotopic (exact) mass is 453 g/mol. The number of carbonyl (C=O) groups is 3. The second-order valence-electron chi connectivity index (χ2n) is 6.67. The van der Waals surface area contributed by atoms with Gasteiger partial charge in [-0.3, -0.25) is 19.3 Å². The zero-order valence-corrected chi connectivity index (χ0v) is 17.9. The van der Waals surface area contributed by atoms with Gasteiger partial charge < -0.3 is 9.15 Å². The molecule has 0 bridgehead atoms. The summed E-state index contributed by atoms with van der Waals surface area (Å²) in [5, 5.41) is 0.441. The maximum atomic E-state index is 12.5. The molecule has 9 heteroatoms. The van der Waals surface area contributed by atoms with E-state index in [9.17, 15) is 14.4 Å². The Bertz CT molecular complexity index is 999. The number of hydrogen-bond acceptors (Lipinski definition) is 6. The van der Waals surface area contributed by atoms with Gasteiger partial charge in [-0.1, -0.05) is 37.0 Å². The van der Waals surface area contributed by atoms with Crippen molar-refractivity contribution in [1.29, 1.82) is 0 Å². The molecule has 0 spiro atoms. The van der Waals surface area contributed by atoms with Gasteiger partial charge in [-0.2, -0.15) is 0 Å². The Morgan fingerprint density at radius 3 is 2.72 bits per heavy atom. The van der Waals surface area contributed by atoms with E-state index in [-0.39, 0.29) is 17.4 Å². The van der Waals surface area contributed by atoms with E-state index in [4.69, 9.17) is 32.4 Å². The van der Waals surface area contributed by atoms with E-state index in [1.54, 1.807) is 30.3 Å². The van der Waals surface area contributed by atoms with Gasteiger partial charge in [0, 0.05) is 16.7 Å². The highest BCUT2D eigenvalue weighted by Crippen LogP contribution is 2.35. The van der Waals surface area contributed by atoms with Gasteiger partial charge in [0.05, 0.1) is 16.5 Å². The van der Waals surface area contributed by atoms with E-state index < -0.39 is 23.7 Å². The quantitative estimate of drug-likeness (QED) is 0.425. The molecule has 0 aliphatic carbocycles. The molecule has 29 heavy (non-hydrogen) atoms. The van der Waals surface area contributed by atoms with Gasteiger partial charge in [0.1, 0.15) is 18.1 Å². The molecule has 1 aromatic heterocycles. The molecule has 2 aromatic rings. The fourth-order valence-corrected chi connectivity index (χ4v) is 3.66. The molecule has 3 rings (SSSR count). The average Bonchev–Trinajstić information content (AvgIpc) is 3.22. The van der Waals surface area contributed by atoms with Gasteiger partial charge >= 0.3 is 5.97 Å². The van der Waals surface area contributed by atoms with Crippen LogP contribution in [-0.2, 0) is 14.3 Å². The first kappa shape index (κ1) is 21.5. The molecular formula is C20H17Cl2NO5S. The van der Waals surface area contributed by atoms with Crippen LogP contribution in [0.3, 0.4) is 0 Å².